The smallest absolute Gasteiger partial charge is 0.453 e. The third-order valence-electron chi connectivity index (χ3n) is 7.99. The van der Waals surface area contributed by atoms with Crippen LogP contribution in [-0.4, -0.2) is 57.3 Å². The zero-order chi connectivity index (χ0) is 32.2. The molecule has 0 fully saturated rings. The number of phenols is 2. The van der Waals surface area contributed by atoms with E-state index in [-0.39, 0.29) is 11.5 Å². The number of aryl methyl sites for hydroxylation is 1. The number of aromatic hydroxyl groups is 2. The van der Waals surface area contributed by atoms with Gasteiger partial charge in [0.2, 0.25) is 0 Å². The van der Waals surface area contributed by atoms with Crippen LogP contribution in [0.25, 0.3) is 11.1 Å². The van der Waals surface area contributed by atoms with E-state index in [0.29, 0.717) is 12.2 Å². The van der Waals surface area contributed by atoms with Gasteiger partial charge in [0, 0.05) is 23.0 Å². The van der Waals surface area contributed by atoms with Gasteiger partial charge in [-0.3, -0.25) is 4.21 Å². The molecule has 0 aromatic heterocycles. The zero-order valence-electron chi connectivity index (χ0n) is 25.4. The van der Waals surface area contributed by atoms with E-state index in [1.165, 1.54) is 27.7 Å². The number of hydrogen-bond acceptors (Lipinski definition) is 4. The summed E-state index contributed by atoms with van der Waals surface area (Å²) < 4.78 is 74.3. The van der Waals surface area contributed by atoms with Crippen molar-refractivity contribution in [1.82, 2.24) is 4.90 Å². The number of hydrogen-bond donors (Lipinski definition) is 2. The Morgan fingerprint density at radius 2 is 1.59 bits per heavy atom. The lowest BCUT2D eigenvalue weighted by atomic mass is 9.89. The van der Waals surface area contributed by atoms with Crippen molar-refractivity contribution in [3.05, 3.63) is 70.6 Å². The molecular formula is C34H44F5NO3S. The number of fused-ring (bicyclic) bond motifs is 1. The number of unbranched alkanes of at least 4 members (excludes halogenated alkanes) is 4. The maximum absolute atomic E-state index is 12.9. The van der Waals surface area contributed by atoms with Crippen LogP contribution in [0.15, 0.2) is 53.9 Å². The van der Waals surface area contributed by atoms with Gasteiger partial charge in [0.1, 0.15) is 11.5 Å². The molecule has 4 nitrogen and oxygen atoms in total. The molecule has 1 aliphatic carbocycles. The number of nitrogens with zero attached hydrogens (tertiary/aromatic N) is 1. The van der Waals surface area contributed by atoms with Crippen molar-refractivity contribution >= 4 is 21.9 Å². The first-order valence-electron chi connectivity index (χ1n) is 15.4. The molecule has 10 heteroatoms. The minimum atomic E-state index is -5.56. The van der Waals surface area contributed by atoms with Gasteiger partial charge in [-0.2, -0.15) is 22.0 Å². The fourth-order valence-electron chi connectivity index (χ4n) is 5.57. The Kier molecular flexibility index (Phi) is 13.9. The molecule has 0 spiro atoms. The standard InChI is InChI=1S/C34H44F5NO3S/c1-40(21-7-3-8-22-44(43)23-9-5-19-33(35,36)34(37,38)39)20-6-2-4-15-32-30(26-12-10-14-28(41)24-26)16-11-13-27-25-29(42)17-18-31(27)32/h9-10,12,14,17-18,23-25,41-42H,2-8,11,13,15-16,19-22H2,1H3/b23-9+. The molecule has 0 saturated carbocycles. The zero-order valence-corrected chi connectivity index (χ0v) is 26.2. The van der Waals surface area contributed by atoms with E-state index in [9.17, 15) is 36.4 Å². The van der Waals surface area contributed by atoms with Crippen molar-refractivity contribution in [1.29, 1.82) is 0 Å². The second-order valence-electron chi connectivity index (χ2n) is 11.6. The third-order valence-corrected chi connectivity index (χ3v) is 9.17. The van der Waals surface area contributed by atoms with E-state index in [2.05, 4.69) is 18.0 Å². The normalized spacial score (nSPS) is 15.2. The predicted molar refractivity (Wildman–Crippen MR) is 168 cm³/mol. The monoisotopic (exact) mass is 641 g/mol. The van der Waals surface area contributed by atoms with Gasteiger partial charge in [-0.1, -0.05) is 37.1 Å². The van der Waals surface area contributed by atoms with E-state index in [4.69, 9.17) is 0 Å². The minimum Gasteiger partial charge on any atom is -0.508 e. The molecule has 0 aliphatic heterocycles. The summed E-state index contributed by atoms with van der Waals surface area (Å²) in [6.07, 6.45) is 3.12. The lowest BCUT2D eigenvalue weighted by Gasteiger charge is -2.18. The highest BCUT2D eigenvalue weighted by Gasteiger charge is 2.56. The molecule has 244 valence electrons. The second kappa shape index (κ2) is 17.1. The van der Waals surface area contributed by atoms with Crippen LogP contribution in [0.2, 0.25) is 0 Å². The lowest BCUT2D eigenvalue weighted by molar-refractivity contribution is -0.283. The van der Waals surface area contributed by atoms with Gasteiger partial charge >= 0.3 is 12.1 Å². The molecule has 1 atom stereocenters. The van der Waals surface area contributed by atoms with Gasteiger partial charge in [0.15, 0.2) is 0 Å². The van der Waals surface area contributed by atoms with E-state index in [1.807, 2.05) is 24.3 Å². The van der Waals surface area contributed by atoms with Crippen molar-refractivity contribution in [2.75, 3.05) is 25.9 Å². The Morgan fingerprint density at radius 3 is 2.30 bits per heavy atom. The molecule has 2 aromatic carbocycles. The highest BCUT2D eigenvalue weighted by molar-refractivity contribution is 7.87. The number of halogens is 5. The maximum atomic E-state index is 12.9. The second-order valence-corrected chi connectivity index (χ2v) is 13.0. The summed E-state index contributed by atoms with van der Waals surface area (Å²) in [6, 6.07) is 13.1. The Hall–Kier alpha value is -2.72. The van der Waals surface area contributed by atoms with Crippen LogP contribution in [0.3, 0.4) is 0 Å². The molecular weight excluding hydrogens is 597 g/mol. The molecule has 1 aliphatic rings. The van der Waals surface area contributed by atoms with Gasteiger partial charge in [0.05, 0.1) is 0 Å². The number of allylic oxidation sites excluding steroid dienone is 3. The van der Waals surface area contributed by atoms with Gasteiger partial charge < -0.3 is 15.1 Å². The Bertz CT molecular complexity index is 1290. The van der Waals surface area contributed by atoms with Crippen molar-refractivity contribution in [3.8, 4) is 11.5 Å². The largest absolute Gasteiger partial charge is 0.508 e. The quantitative estimate of drug-likeness (QED) is 0.134. The SMILES string of the molecule is CN(CCCCCC1=C(c2cccc(O)c2)CCCc2cc(O)ccc21)CCCCCS(=O)/C=C/CCC(F)(F)C(F)(F)F. The molecule has 0 radical (unpaired) electrons. The molecule has 0 saturated heterocycles. The van der Waals surface area contributed by atoms with E-state index in [0.717, 1.165) is 82.5 Å². The molecule has 44 heavy (non-hydrogen) atoms. The fourth-order valence-corrected chi connectivity index (χ4v) is 6.55. The molecule has 0 heterocycles. The number of rotatable bonds is 17. The molecule has 1 unspecified atom stereocenters. The first-order chi connectivity index (χ1) is 20.9. The summed E-state index contributed by atoms with van der Waals surface area (Å²) in [4.78, 5) is 2.28. The van der Waals surface area contributed by atoms with Crippen molar-refractivity contribution in [2.24, 2.45) is 0 Å². The Balaban J connectivity index is 1.37. The van der Waals surface area contributed by atoms with Crippen LogP contribution in [0.1, 0.15) is 87.3 Å². The predicted octanol–water partition coefficient (Wildman–Crippen LogP) is 9.25. The van der Waals surface area contributed by atoms with Crippen molar-refractivity contribution in [2.45, 2.75) is 89.1 Å². The number of phenolic OH excluding ortho intramolecular Hbond substituents is 2. The Labute approximate surface area is 260 Å². The summed E-state index contributed by atoms with van der Waals surface area (Å²) in [6.45, 7) is 1.86. The third kappa shape index (κ3) is 11.3. The summed E-state index contributed by atoms with van der Waals surface area (Å²) in [7, 11) is 0.703. The maximum Gasteiger partial charge on any atom is 0.453 e. The topological polar surface area (TPSA) is 60.8 Å². The van der Waals surface area contributed by atoms with E-state index in [1.54, 1.807) is 12.1 Å². The minimum absolute atomic E-state index is 0.255. The summed E-state index contributed by atoms with van der Waals surface area (Å²) in [5.41, 5.74) is 5.96. The van der Waals surface area contributed by atoms with E-state index < -0.39 is 35.7 Å². The van der Waals surface area contributed by atoms with Crippen LogP contribution in [0.5, 0.6) is 11.5 Å². The Morgan fingerprint density at radius 1 is 0.886 bits per heavy atom. The highest BCUT2D eigenvalue weighted by Crippen LogP contribution is 2.41. The lowest BCUT2D eigenvalue weighted by Crippen LogP contribution is -2.35. The van der Waals surface area contributed by atoms with E-state index >= 15 is 0 Å². The fraction of sp³-hybridized carbons (Fsp3) is 0.529. The molecule has 2 N–H and O–H groups in total. The average Bonchev–Trinajstić information content (AvgIpc) is 3.13. The van der Waals surface area contributed by atoms with Gasteiger partial charge in [-0.05, 0) is 135 Å². The van der Waals surface area contributed by atoms with Gasteiger partial charge in [-0.15, -0.1) is 0 Å². The van der Waals surface area contributed by atoms with Crippen LogP contribution >= 0.6 is 0 Å². The van der Waals surface area contributed by atoms with Crippen molar-refractivity contribution < 1.29 is 36.4 Å². The summed E-state index contributed by atoms with van der Waals surface area (Å²) in [5.74, 6) is -3.83. The molecule has 3 rings (SSSR count). The van der Waals surface area contributed by atoms with Gasteiger partial charge in [0.25, 0.3) is 0 Å². The van der Waals surface area contributed by atoms with Crippen molar-refractivity contribution in [3.63, 3.8) is 0 Å². The first-order valence-corrected chi connectivity index (χ1v) is 16.8. The van der Waals surface area contributed by atoms with Crippen LogP contribution in [0.4, 0.5) is 22.0 Å². The highest BCUT2D eigenvalue weighted by atomic mass is 32.2. The molecule has 2 aromatic rings. The summed E-state index contributed by atoms with van der Waals surface area (Å²) >= 11 is 0. The number of alkyl halides is 5. The van der Waals surface area contributed by atoms with Crippen LogP contribution in [-0.2, 0) is 17.2 Å². The van der Waals surface area contributed by atoms with Gasteiger partial charge in [-0.25, -0.2) is 0 Å². The molecule has 0 amide bonds. The first kappa shape index (κ1) is 35.8. The number of benzene rings is 2. The molecule has 0 bridgehead atoms. The van der Waals surface area contributed by atoms with Crippen LogP contribution in [0, 0.1) is 0 Å². The van der Waals surface area contributed by atoms with Crippen LogP contribution < -0.4 is 0 Å². The summed E-state index contributed by atoms with van der Waals surface area (Å²) in [5, 5.41) is 21.4. The average molecular weight is 642 g/mol.